The summed E-state index contributed by atoms with van der Waals surface area (Å²) < 4.78 is 1.89. The molecule has 1 saturated heterocycles. The van der Waals surface area contributed by atoms with Gasteiger partial charge in [-0.3, -0.25) is 24.0 Å². The van der Waals surface area contributed by atoms with Crippen molar-refractivity contribution in [3.05, 3.63) is 70.1 Å². The number of rotatable bonds is 3. The lowest BCUT2D eigenvalue weighted by atomic mass is 9.84. The van der Waals surface area contributed by atoms with Crippen molar-refractivity contribution in [3.8, 4) is 0 Å². The number of imide groups is 1. The van der Waals surface area contributed by atoms with Gasteiger partial charge in [-0.05, 0) is 62.8 Å². The molecule has 1 aliphatic carbocycles. The van der Waals surface area contributed by atoms with E-state index in [-0.39, 0.29) is 23.5 Å². The number of nitrogens with one attached hydrogen (secondary N) is 1. The van der Waals surface area contributed by atoms with E-state index in [0.29, 0.717) is 11.1 Å². The van der Waals surface area contributed by atoms with Gasteiger partial charge in [0, 0.05) is 19.1 Å². The molecule has 7 nitrogen and oxygen atoms in total. The van der Waals surface area contributed by atoms with Crippen molar-refractivity contribution >= 4 is 22.8 Å². The number of imidazole rings is 1. The number of aromatic nitrogens is 2. The number of para-hydroxylation sites is 2. The summed E-state index contributed by atoms with van der Waals surface area (Å²) in [7, 11) is 0. The predicted octanol–water partition coefficient (Wildman–Crippen LogP) is 3.92. The fraction of sp³-hybridized carbons (Fsp3) is 0.423. The second-order valence-electron chi connectivity index (χ2n) is 9.57. The zero-order valence-corrected chi connectivity index (χ0v) is 18.6. The van der Waals surface area contributed by atoms with Crippen LogP contribution in [-0.2, 0) is 0 Å². The van der Waals surface area contributed by atoms with Gasteiger partial charge in [0.25, 0.3) is 11.8 Å². The number of H-pyrrole nitrogens is 1. The number of piperidine rings is 1. The zero-order chi connectivity index (χ0) is 22.6. The zero-order valence-electron chi connectivity index (χ0n) is 18.6. The molecule has 3 aliphatic rings. The molecule has 3 heterocycles. The van der Waals surface area contributed by atoms with E-state index in [1.807, 2.05) is 41.0 Å². The average Bonchev–Trinajstić information content (AvgIpc) is 3.33. The highest BCUT2D eigenvalue weighted by molar-refractivity contribution is 6.21. The summed E-state index contributed by atoms with van der Waals surface area (Å²) in [5.74, 6) is -0.319. The second-order valence-corrected chi connectivity index (χ2v) is 9.57. The smallest absolute Gasteiger partial charge is 0.306 e. The van der Waals surface area contributed by atoms with Crippen LogP contribution in [0.3, 0.4) is 0 Å². The molecular formula is C26H28N4O3. The summed E-state index contributed by atoms with van der Waals surface area (Å²) in [5.41, 5.74) is 2.21. The molecule has 0 spiro atoms. The van der Waals surface area contributed by atoms with E-state index in [2.05, 4.69) is 9.88 Å². The van der Waals surface area contributed by atoms with Crippen LogP contribution in [0.15, 0.2) is 53.3 Å². The van der Waals surface area contributed by atoms with Crippen LogP contribution < -0.4 is 5.69 Å². The summed E-state index contributed by atoms with van der Waals surface area (Å²) in [6, 6.07) is 15.1. The van der Waals surface area contributed by atoms with Crippen LogP contribution in [0.4, 0.5) is 0 Å². The Kier molecular flexibility index (Phi) is 4.76. The molecule has 2 aliphatic heterocycles. The number of likely N-dealkylation sites (tertiary alicyclic amines) is 1. The maximum Gasteiger partial charge on any atom is 0.326 e. The van der Waals surface area contributed by atoms with E-state index in [0.717, 1.165) is 69.1 Å². The minimum Gasteiger partial charge on any atom is -0.306 e. The SMILES string of the molecule is O=C1c2ccccc2C(=O)N1C1(N2CCC(n3c(=O)[nH]c4ccccc43)CC2)CCCCC1. The van der Waals surface area contributed by atoms with Crippen molar-refractivity contribution in [2.24, 2.45) is 0 Å². The number of aromatic amines is 1. The maximum atomic E-state index is 13.4. The lowest BCUT2D eigenvalue weighted by Crippen LogP contribution is -2.64. The standard InChI is InChI=1S/C26H28N4O3/c31-23-19-8-2-3-9-20(19)24(32)30(23)26(14-6-1-7-15-26)28-16-12-18(13-17-28)29-22-11-5-4-10-21(22)27-25(29)33/h2-5,8-11,18H,1,6-7,12-17H2,(H,27,33). The lowest BCUT2D eigenvalue weighted by molar-refractivity contribution is -0.0632. The first-order chi connectivity index (χ1) is 16.1. The second kappa shape index (κ2) is 7.70. The van der Waals surface area contributed by atoms with Crippen molar-refractivity contribution in [1.29, 1.82) is 0 Å². The van der Waals surface area contributed by atoms with Crippen molar-refractivity contribution in [2.75, 3.05) is 13.1 Å². The molecule has 1 saturated carbocycles. The largest absolute Gasteiger partial charge is 0.326 e. The summed E-state index contributed by atoms with van der Waals surface area (Å²) in [6.07, 6.45) is 6.41. The van der Waals surface area contributed by atoms with E-state index in [1.165, 1.54) is 0 Å². The highest BCUT2D eigenvalue weighted by Crippen LogP contribution is 2.43. The third-order valence-corrected chi connectivity index (χ3v) is 7.91. The molecule has 0 atom stereocenters. The molecule has 2 fully saturated rings. The molecule has 6 rings (SSSR count). The number of carbonyl (C=O) groups is 2. The Morgan fingerprint density at radius 2 is 1.39 bits per heavy atom. The molecule has 33 heavy (non-hydrogen) atoms. The summed E-state index contributed by atoms with van der Waals surface area (Å²) in [4.78, 5) is 46.5. The molecule has 170 valence electrons. The first-order valence-corrected chi connectivity index (χ1v) is 12.0. The molecule has 1 aromatic heterocycles. The fourth-order valence-corrected chi connectivity index (χ4v) is 6.34. The summed E-state index contributed by atoms with van der Waals surface area (Å²) in [5, 5.41) is 0. The maximum absolute atomic E-state index is 13.4. The number of hydrogen-bond acceptors (Lipinski definition) is 4. The van der Waals surface area contributed by atoms with Gasteiger partial charge in [0.15, 0.2) is 0 Å². The van der Waals surface area contributed by atoms with Gasteiger partial charge < -0.3 is 4.98 Å². The van der Waals surface area contributed by atoms with Gasteiger partial charge in [0.05, 0.1) is 22.2 Å². The predicted molar refractivity (Wildman–Crippen MR) is 125 cm³/mol. The van der Waals surface area contributed by atoms with Gasteiger partial charge in [-0.25, -0.2) is 4.79 Å². The number of benzene rings is 2. The third kappa shape index (κ3) is 3.02. The van der Waals surface area contributed by atoms with Crippen molar-refractivity contribution < 1.29 is 9.59 Å². The number of hydrogen-bond donors (Lipinski definition) is 1. The van der Waals surface area contributed by atoms with Gasteiger partial charge in [-0.2, -0.15) is 0 Å². The third-order valence-electron chi connectivity index (χ3n) is 7.91. The monoisotopic (exact) mass is 444 g/mol. The highest BCUT2D eigenvalue weighted by Gasteiger charge is 2.52. The number of carbonyl (C=O) groups excluding carboxylic acids is 2. The van der Waals surface area contributed by atoms with Gasteiger partial charge >= 0.3 is 5.69 Å². The van der Waals surface area contributed by atoms with Crippen molar-refractivity contribution in [2.45, 2.75) is 56.7 Å². The highest BCUT2D eigenvalue weighted by atomic mass is 16.2. The van der Waals surface area contributed by atoms with Crippen LogP contribution in [-0.4, -0.2) is 49.9 Å². The van der Waals surface area contributed by atoms with E-state index in [4.69, 9.17) is 0 Å². The molecule has 2 amide bonds. The van der Waals surface area contributed by atoms with Crippen LogP contribution in [0.1, 0.15) is 71.7 Å². The molecule has 0 radical (unpaired) electrons. The number of nitrogens with zero attached hydrogens (tertiary/aromatic N) is 3. The van der Waals surface area contributed by atoms with Crippen molar-refractivity contribution in [1.82, 2.24) is 19.4 Å². The Bertz CT molecular complexity index is 1260. The molecular weight excluding hydrogens is 416 g/mol. The average molecular weight is 445 g/mol. The Morgan fingerprint density at radius 1 is 0.788 bits per heavy atom. The normalized spacial score (nSPS) is 21.6. The van der Waals surface area contributed by atoms with Crippen LogP contribution in [0.5, 0.6) is 0 Å². The topological polar surface area (TPSA) is 78.4 Å². The van der Waals surface area contributed by atoms with E-state index in [9.17, 15) is 14.4 Å². The minimum atomic E-state index is -0.568. The van der Waals surface area contributed by atoms with E-state index >= 15 is 0 Å². The van der Waals surface area contributed by atoms with Crippen LogP contribution >= 0.6 is 0 Å². The quantitative estimate of drug-likeness (QED) is 0.621. The van der Waals surface area contributed by atoms with Gasteiger partial charge in [-0.15, -0.1) is 0 Å². The Morgan fingerprint density at radius 3 is 2.06 bits per heavy atom. The Balaban J connectivity index is 1.30. The molecule has 0 bridgehead atoms. The molecule has 0 unspecified atom stereocenters. The van der Waals surface area contributed by atoms with Gasteiger partial charge in [-0.1, -0.05) is 30.7 Å². The number of fused-ring (bicyclic) bond motifs is 2. The molecule has 3 aromatic rings. The molecule has 1 N–H and O–H groups in total. The summed E-state index contributed by atoms with van der Waals surface area (Å²) in [6.45, 7) is 1.51. The lowest BCUT2D eigenvalue weighted by Gasteiger charge is -2.52. The van der Waals surface area contributed by atoms with Crippen molar-refractivity contribution in [3.63, 3.8) is 0 Å². The van der Waals surface area contributed by atoms with Gasteiger partial charge in [0.2, 0.25) is 0 Å². The Labute approximate surface area is 192 Å². The first kappa shape index (κ1) is 20.4. The minimum absolute atomic E-state index is 0.0672. The molecule has 2 aromatic carbocycles. The van der Waals surface area contributed by atoms with Gasteiger partial charge in [0.1, 0.15) is 5.66 Å². The fourth-order valence-electron chi connectivity index (χ4n) is 6.34. The molecule has 7 heteroatoms. The van der Waals surface area contributed by atoms with E-state index < -0.39 is 5.66 Å². The van der Waals surface area contributed by atoms with Crippen LogP contribution in [0.25, 0.3) is 11.0 Å². The Hall–Kier alpha value is -3.19. The first-order valence-electron chi connectivity index (χ1n) is 12.0. The van der Waals surface area contributed by atoms with Crippen LogP contribution in [0.2, 0.25) is 0 Å². The van der Waals surface area contributed by atoms with Crippen LogP contribution in [0, 0.1) is 0 Å². The van der Waals surface area contributed by atoms with E-state index in [1.54, 1.807) is 17.0 Å². The number of amides is 2. The summed E-state index contributed by atoms with van der Waals surface area (Å²) >= 11 is 0.